The van der Waals surface area contributed by atoms with Crippen LogP contribution in [0.2, 0.25) is 0 Å². The fourth-order valence-electron chi connectivity index (χ4n) is 3.98. The molecular formula is C25H22N4O2. The van der Waals surface area contributed by atoms with Gasteiger partial charge in [-0.2, -0.15) is 0 Å². The fourth-order valence-corrected chi connectivity index (χ4v) is 3.98. The average Bonchev–Trinajstić information content (AvgIpc) is 2.80. The minimum Gasteiger partial charge on any atom is -0.452 e. The molecule has 5 rings (SSSR count). The van der Waals surface area contributed by atoms with Gasteiger partial charge in [-0.3, -0.25) is 9.78 Å². The topological polar surface area (TPSA) is 71.3 Å². The first-order chi connectivity index (χ1) is 15.2. The van der Waals surface area contributed by atoms with Crippen molar-refractivity contribution in [3.8, 4) is 11.5 Å². The molecule has 0 atom stereocenters. The number of hydrogen-bond acceptors (Lipinski definition) is 6. The molecule has 1 aromatic heterocycles. The van der Waals surface area contributed by atoms with Crippen molar-refractivity contribution < 1.29 is 4.42 Å². The number of anilines is 3. The molecule has 0 unspecified atom stereocenters. The van der Waals surface area contributed by atoms with Crippen LogP contribution in [0.5, 0.6) is 0 Å². The molecule has 2 aromatic carbocycles. The van der Waals surface area contributed by atoms with E-state index < -0.39 is 0 Å². The Labute approximate surface area is 179 Å². The maximum Gasteiger partial charge on any atom is 0.210 e. The van der Waals surface area contributed by atoms with E-state index in [9.17, 15) is 4.79 Å². The fraction of sp³-hybridized carbons (Fsp3) is 0.160. The molecule has 2 heterocycles. The highest BCUT2D eigenvalue weighted by Crippen LogP contribution is 2.35. The van der Waals surface area contributed by atoms with E-state index in [0.29, 0.717) is 22.6 Å². The molecule has 1 aliphatic carbocycles. The second kappa shape index (κ2) is 7.72. The number of pyridine rings is 1. The molecule has 6 nitrogen and oxygen atoms in total. The standard InChI is InChI=1S/C25H22N4O2/c1-3-29(4-2)17-13-21(30)25-22(14-17)31-23-15-20(27-16-9-11-26-12-10-16)18-7-5-6-8-19(18)24(23)28-25/h5-15H,3-4H2,1-2H3,(H,26,27). The SMILES string of the molecule is CCN(CC)c1cc2oc3cc(Nc4ccncc4)c4ccccc4c3nc-2c(=O)c1. The number of nitrogens with zero attached hydrogens (tertiary/aromatic N) is 3. The number of hydrogen-bond donors (Lipinski definition) is 1. The number of fused-ring (bicyclic) bond motifs is 4. The molecule has 0 radical (unpaired) electrons. The second-order valence-electron chi connectivity index (χ2n) is 7.35. The molecule has 2 aliphatic rings. The average molecular weight is 410 g/mol. The monoisotopic (exact) mass is 410 g/mol. The Bertz CT molecular complexity index is 1410. The predicted molar refractivity (Wildman–Crippen MR) is 125 cm³/mol. The van der Waals surface area contributed by atoms with Gasteiger partial charge in [-0.25, -0.2) is 4.98 Å². The van der Waals surface area contributed by atoms with Crippen LogP contribution in [0.1, 0.15) is 13.8 Å². The number of aromatic nitrogens is 2. The minimum atomic E-state index is -0.131. The highest BCUT2D eigenvalue weighted by Gasteiger charge is 2.18. The molecule has 31 heavy (non-hydrogen) atoms. The van der Waals surface area contributed by atoms with E-state index >= 15 is 0 Å². The summed E-state index contributed by atoms with van der Waals surface area (Å²) in [5.74, 6) is 0.493. The van der Waals surface area contributed by atoms with Crippen molar-refractivity contribution in [3.05, 3.63) is 77.2 Å². The van der Waals surface area contributed by atoms with Crippen molar-refractivity contribution >= 4 is 38.9 Å². The van der Waals surface area contributed by atoms with Gasteiger partial charge < -0.3 is 14.6 Å². The van der Waals surface area contributed by atoms with Crippen molar-refractivity contribution in [2.24, 2.45) is 0 Å². The first-order valence-electron chi connectivity index (χ1n) is 10.4. The van der Waals surface area contributed by atoms with E-state index in [4.69, 9.17) is 9.40 Å². The molecule has 0 spiro atoms. The van der Waals surface area contributed by atoms with Crippen LogP contribution in [0, 0.1) is 0 Å². The lowest BCUT2D eigenvalue weighted by molar-refractivity contribution is 0.612. The van der Waals surface area contributed by atoms with Crippen LogP contribution in [-0.4, -0.2) is 23.1 Å². The lowest BCUT2D eigenvalue weighted by Crippen LogP contribution is -2.23. The summed E-state index contributed by atoms with van der Waals surface area (Å²) in [4.78, 5) is 23.8. The smallest absolute Gasteiger partial charge is 0.210 e. The zero-order chi connectivity index (χ0) is 21.4. The third kappa shape index (κ3) is 3.36. The third-order valence-electron chi connectivity index (χ3n) is 5.54. The molecule has 0 amide bonds. The van der Waals surface area contributed by atoms with Crippen LogP contribution < -0.4 is 15.6 Å². The van der Waals surface area contributed by atoms with Crippen molar-refractivity contribution in [2.45, 2.75) is 13.8 Å². The Morgan fingerprint density at radius 3 is 2.45 bits per heavy atom. The summed E-state index contributed by atoms with van der Waals surface area (Å²) in [5.41, 5.74) is 4.20. The summed E-state index contributed by atoms with van der Waals surface area (Å²) in [6.45, 7) is 5.76. The molecule has 1 N–H and O–H groups in total. The first kappa shape index (κ1) is 19.1. The maximum absolute atomic E-state index is 12.9. The summed E-state index contributed by atoms with van der Waals surface area (Å²) in [7, 11) is 0. The van der Waals surface area contributed by atoms with Crippen LogP contribution in [-0.2, 0) is 0 Å². The Balaban J connectivity index is 1.77. The number of rotatable bonds is 5. The number of benzene rings is 3. The van der Waals surface area contributed by atoms with Gasteiger partial charge in [0.2, 0.25) is 5.43 Å². The molecule has 6 heteroatoms. The lowest BCUT2D eigenvalue weighted by Gasteiger charge is -2.21. The van der Waals surface area contributed by atoms with E-state index in [-0.39, 0.29) is 5.43 Å². The van der Waals surface area contributed by atoms with E-state index in [0.717, 1.165) is 40.9 Å². The van der Waals surface area contributed by atoms with E-state index in [1.54, 1.807) is 18.5 Å². The van der Waals surface area contributed by atoms with E-state index in [1.165, 1.54) is 0 Å². The molecule has 3 aromatic rings. The molecule has 0 saturated heterocycles. The van der Waals surface area contributed by atoms with Gasteiger partial charge in [0.15, 0.2) is 17.0 Å². The summed E-state index contributed by atoms with van der Waals surface area (Å²) < 4.78 is 6.25. The minimum absolute atomic E-state index is 0.131. The summed E-state index contributed by atoms with van der Waals surface area (Å²) in [6, 6.07) is 17.3. The molecule has 1 aliphatic heterocycles. The van der Waals surface area contributed by atoms with Gasteiger partial charge in [-0.05, 0) is 26.0 Å². The molecular weight excluding hydrogens is 388 g/mol. The Hall–Kier alpha value is -3.93. The Morgan fingerprint density at radius 1 is 0.968 bits per heavy atom. The van der Waals surface area contributed by atoms with Crippen molar-refractivity contribution in [1.29, 1.82) is 0 Å². The highest BCUT2D eigenvalue weighted by atomic mass is 16.3. The molecule has 0 saturated carbocycles. The van der Waals surface area contributed by atoms with Gasteiger partial charge in [0, 0.05) is 65.8 Å². The van der Waals surface area contributed by atoms with Crippen molar-refractivity contribution in [1.82, 2.24) is 9.97 Å². The zero-order valence-corrected chi connectivity index (χ0v) is 17.4. The lowest BCUT2D eigenvalue weighted by atomic mass is 10.1. The normalized spacial score (nSPS) is 11.3. The quantitative estimate of drug-likeness (QED) is 0.308. The van der Waals surface area contributed by atoms with Crippen molar-refractivity contribution in [3.63, 3.8) is 0 Å². The van der Waals surface area contributed by atoms with Gasteiger partial charge in [-0.1, -0.05) is 24.3 Å². The predicted octanol–water partition coefficient (Wildman–Crippen LogP) is 5.43. The zero-order valence-electron chi connectivity index (χ0n) is 17.4. The van der Waals surface area contributed by atoms with E-state index in [1.807, 2.05) is 48.5 Å². The Kier molecular flexibility index (Phi) is 4.75. The van der Waals surface area contributed by atoms with Crippen LogP contribution >= 0.6 is 0 Å². The maximum atomic E-state index is 12.9. The highest BCUT2D eigenvalue weighted by molar-refractivity contribution is 6.10. The van der Waals surface area contributed by atoms with Crippen molar-refractivity contribution in [2.75, 3.05) is 23.3 Å². The summed E-state index contributed by atoms with van der Waals surface area (Å²) in [6.07, 6.45) is 3.49. The number of nitrogens with one attached hydrogen (secondary N) is 1. The third-order valence-corrected chi connectivity index (χ3v) is 5.54. The molecule has 154 valence electrons. The van der Waals surface area contributed by atoms with Crippen LogP contribution in [0.4, 0.5) is 17.1 Å². The van der Waals surface area contributed by atoms with Gasteiger partial charge >= 0.3 is 0 Å². The van der Waals surface area contributed by atoms with Crippen LogP contribution in [0.25, 0.3) is 33.3 Å². The summed E-state index contributed by atoms with van der Waals surface area (Å²) >= 11 is 0. The second-order valence-corrected chi connectivity index (χ2v) is 7.35. The molecule has 0 bridgehead atoms. The van der Waals surface area contributed by atoms with Gasteiger partial charge in [-0.15, -0.1) is 0 Å². The Morgan fingerprint density at radius 2 is 1.71 bits per heavy atom. The van der Waals surface area contributed by atoms with Crippen LogP contribution in [0.15, 0.2) is 76.2 Å². The van der Waals surface area contributed by atoms with Gasteiger partial charge in [0.1, 0.15) is 5.52 Å². The van der Waals surface area contributed by atoms with Gasteiger partial charge in [0.25, 0.3) is 0 Å². The first-order valence-corrected chi connectivity index (χ1v) is 10.4. The molecule has 0 fully saturated rings. The van der Waals surface area contributed by atoms with E-state index in [2.05, 4.69) is 29.0 Å². The summed E-state index contributed by atoms with van der Waals surface area (Å²) in [5, 5.41) is 5.38. The van der Waals surface area contributed by atoms with Gasteiger partial charge in [0.05, 0.1) is 5.69 Å². The van der Waals surface area contributed by atoms with Crippen LogP contribution in [0.3, 0.4) is 0 Å². The largest absolute Gasteiger partial charge is 0.452 e.